The standard InChI is InChI=1S/C10H16N2/c1-7-3-8(2)10(6-12)9(4-7)5-11/h3-4H,5-6,11-12H2,1-2H3. The molecule has 0 spiro atoms. The van der Waals surface area contributed by atoms with Crippen LogP contribution in [-0.2, 0) is 13.1 Å². The molecule has 1 aromatic carbocycles. The summed E-state index contributed by atoms with van der Waals surface area (Å²) in [5.74, 6) is 0. The molecule has 12 heavy (non-hydrogen) atoms. The van der Waals surface area contributed by atoms with Gasteiger partial charge in [0.05, 0.1) is 0 Å². The summed E-state index contributed by atoms with van der Waals surface area (Å²) in [6.45, 7) is 5.31. The smallest absolute Gasteiger partial charge is 0.0184 e. The lowest BCUT2D eigenvalue weighted by molar-refractivity contribution is 0.961. The predicted octanol–water partition coefficient (Wildman–Crippen LogP) is 1.22. The Bertz CT molecular complexity index is 279. The Hall–Kier alpha value is -0.860. The van der Waals surface area contributed by atoms with Crippen molar-refractivity contribution in [1.82, 2.24) is 0 Å². The molecule has 0 atom stereocenters. The van der Waals surface area contributed by atoms with Gasteiger partial charge in [-0.2, -0.15) is 0 Å². The van der Waals surface area contributed by atoms with Crippen molar-refractivity contribution < 1.29 is 0 Å². The third-order valence-electron chi connectivity index (χ3n) is 2.13. The van der Waals surface area contributed by atoms with Gasteiger partial charge in [0.25, 0.3) is 0 Å². The summed E-state index contributed by atoms with van der Waals surface area (Å²) in [6.07, 6.45) is 0. The summed E-state index contributed by atoms with van der Waals surface area (Å²) in [6, 6.07) is 4.25. The van der Waals surface area contributed by atoms with Crippen LogP contribution in [0.2, 0.25) is 0 Å². The summed E-state index contributed by atoms with van der Waals surface area (Å²) in [5, 5.41) is 0. The third kappa shape index (κ3) is 1.65. The molecule has 0 aliphatic rings. The van der Waals surface area contributed by atoms with Gasteiger partial charge in [-0.15, -0.1) is 0 Å². The highest BCUT2D eigenvalue weighted by atomic mass is 14.6. The number of nitrogens with two attached hydrogens (primary N) is 2. The first-order valence-corrected chi connectivity index (χ1v) is 4.18. The SMILES string of the molecule is Cc1cc(C)c(CN)c(CN)c1. The van der Waals surface area contributed by atoms with Gasteiger partial charge >= 0.3 is 0 Å². The predicted molar refractivity (Wildman–Crippen MR) is 51.7 cm³/mol. The van der Waals surface area contributed by atoms with Crippen LogP contribution < -0.4 is 11.5 Å². The van der Waals surface area contributed by atoms with Crippen molar-refractivity contribution in [2.24, 2.45) is 11.5 Å². The number of aryl methyl sites for hydroxylation is 2. The van der Waals surface area contributed by atoms with Crippen LogP contribution in [0.25, 0.3) is 0 Å². The van der Waals surface area contributed by atoms with Crippen molar-refractivity contribution in [3.8, 4) is 0 Å². The molecule has 0 saturated carbocycles. The average molecular weight is 164 g/mol. The molecule has 0 saturated heterocycles. The Morgan fingerprint density at radius 2 is 1.75 bits per heavy atom. The minimum atomic E-state index is 0.578. The number of hydrogen-bond acceptors (Lipinski definition) is 2. The Kier molecular flexibility index (Phi) is 2.84. The molecule has 0 heterocycles. The van der Waals surface area contributed by atoms with E-state index in [4.69, 9.17) is 11.5 Å². The zero-order valence-corrected chi connectivity index (χ0v) is 7.72. The van der Waals surface area contributed by atoms with E-state index in [9.17, 15) is 0 Å². The molecule has 0 amide bonds. The highest BCUT2D eigenvalue weighted by Crippen LogP contribution is 2.15. The Morgan fingerprint density at radius 1 is 1.08 bits per heavy atom. The minimum absolute atomic E-state index is 0.578. The van der Waals surface area contributed by atoms with Crippen molar-refractivity contribution in [3.05, 3.63) is 34.4 Å². The lowest BCUT2D eigenvalue weighted by Gasteiger charge is -2.10. The third-order valence-corrected chi connectivity index (χ3v) is 2.13. The molecule has 0 unspecified atom stereocenters. The zero-order valence-electron chi connectivity index (χ0n) is 7.72. The van der Waals surface area contributed by atoms with Crippen LogP contribution in [0, 0.1) is 13.8 Å². The van der Waals surface area contributed by atoms with Crippen molar-refractivity contribution >= 4 is 0 Å². The molecule has 2 nitrogen and oxygen atoms in total. The molecule has 0 aliphatic carbocycles. The highest BCUT2D eigenvalue weighted by molar-refractivity contribution is 5.37. The maximum atomic E-state index is 5.62. The van der Waals surface area contributed by atoms with Gasteiger partial charge in [-0.1, -0.05) is 17.7 Å². The van der Waals surface area contributed by atoms with E-state index in [1.807, 2.05) is 0 Å². The maximum absolute atomic E-state index is 5.62. The zero-order chi connectivity index (χ0) is 9.14. The normalized spacial score (nSPS) is 10.3. The fourth-order valence-electron chi connectivity index (χ4n) is 1.56. The molecule has 0 aromatic heterocycles. The van der Waals surface area contributed by atoms with Gasteiger partial charge in [-0.3, -0.25) is 0 Å². The van der Waals surface area contributed by atoms with Gasteiger partial charge in [-0.25, -0.2) is 0 Å². The first-order valence-electron chi connectivity index (χ1n) is 4.18. The van der Waals surface area contributed by atoms with Gasteiger partial charge in [0.1, 0.15) is 0 Å². The van der Waals surface area contributed by atoms with Gasteiger partial charge in [-0.05, 0) is 30.5 Å². The van der Waals surface area contributed by atoms with E-state index in [1.54, 1.807) is 0 Å². The highest BCUT2D eigenvalue weighted by Gasteiger charge is 2.02. The average Bonchev–Trinajstić information content (AvgIpc) is 2.03. The second kappa shape index (κ2) is 3.70. The van der Waals surface area contributed by atoms with E-state index in [0.29, 0.717) is 13.1 Å². The van der Waals surface area contributed by atoms with Crippen molar-refractivity contribution in [2.45, 2.75) is 26.9 Å². The summed E-state index contributed by atoms with van der Waals surface area (Å²) < 4.78 is 0. The van der Waals surface area contributed by atoms with Gasteiger partial charge in [0.2, 0.25) is 0 Å². The molecule has 66 valence electrons. The molecule has 0 fully saturated rings. The van der Waals surface area contributed by atoms with Crippen LogP contribution in [-0.4, -0.2) is 0 Å². The summed E-state index contributed by atoms with van der Waals surface area (Å²) >= 11 is 0. The molecule has 2 heteroatoms. The van der Waals surface area contributed by atoms with Crippen LogP contribution in [0.5, 0.6) is 0 Å². The topological polar surface area (TPSA) is 52.0 Å². The first-order chi connectivity index (χ1) is 5.69. The lowest BCUT2D eigenvalue weighted by atomic mass is 9.99. The molecular weight excluding hydrogens is 148 g/mol. The van der Waals surface area contributed by atoms with Crippen molar-refractivity contribution in [3.63, 3.8) is 0 Å². The molecule has 1 rings (SSSR count). The quantitative estimate of drug-likeness (QED) is 0.690. The molecule has 4 N–H and O–H groups in total. The lowest BCUT2D eigenvalue weighted by Crippen LogP contribution is -2.08. The molecule has 1 aromatic rings. The Morgan fingerprint density at radius 3 is 2.25 bits per heavy atom. The monoisotopic (exact) mass is 164 g/mol. The number of rotatable bonds is 2. The second-order valence-corrected chi connectivity index (χ2v) is 3.13. The van der Waals surface area contributed by atoms with Gasteiger partial charge in [0, 0.05) is 13.1 Å². The van der Waals surface area contributed by atoms with E-state index in [-0.39, 0.29) is 0 Å². The van der Waals surface area contributed by atoms with Crippen LogP contribution >= 0.6 is 0 Å². The van der Waals surface area contributed by atoms with Crippen LogP contribution in [0.3, 0.4) is 0 Å². The Balaban J connectivity index is 3.24. The molecule has 0 radical (unpaired) electrons. The first kappa shape index (κ1) is 9.23. The fourth-order valence-corrected chi connectivity index (χ4v) is 1.56. The maximum Gasteiger partial charge on any atom is 0.0184 e. The number of benzene rings is 1. The van der Waals surface area contributed by atoms with E-state index in [1.165, 1.54) is 22.3 Å². The van der Waals surface area contributed by atoms with Crippen molar-refractivity contribution in [2.75, 3.05) is 0 Å². The van der Waals surface area contributed by atoms with E-state index < -0.39 is 0 Å². The summed E-state index contributed by atoms with van der Waals surface area (Å²) in [7, 11) is 0. The van der Waals surface area contributed by atoms with E-state index in [2.05, 4.69) is 26.0 Å². The van der Waals surface area contributed by atoms with Gasteiger partial charge in [0.15, 0.2) is 0 Å². The van der Waals surface area contributed by atoms with E-state index in [0.717, 1.165) is 0 Å². The molecule has 0 bridgehead atoms. The minimum Gasteiger partial charge on any atom is -0.326 e. The van der Waals surface area contributed by atoms with E-state index >= 15 is 0 Å². The van der Waals surface area contributed by atoms with Crippen LogP contribution in [0.15, 0.2) is 12.1 Å². The summed E-state index contributed by atoms with van der Waals surface area (Å²) in [4.78, 5) is 0. The molecular formula is C10H16N2. The Labute approximate surface area is 73.6 Å². The van der Waals surface area contributed by atoms with Gasteiger partial charge < -0.3 is 11.5 Å². The molecule has 0 aliphatic heterocycles. The summed E-state index contributed by atoms with van der Waals surface area (Å²) in [5.41, 5.74) is 16.1. The van der Waals surface area contributed by atoms with Crippen LogP contribution in [0.1, 0.15) is 22.3 Å². The fraction of sp³-hybridized carbons (Fsp3) is 0.400. The largest absolute Gasteiger partial charge is 0.326 e. The van der Waals surface area contributed by atoms with Crippen LogP contribution in [0.4, 0.5) is 0 Å². The number of hydrogen-bond donors (Lipinski definition) is 2. The van der Waals surface area contributed by atoms with Crippen molar-refractivity contribution in [1.29, 1.82) is 0 Å². The second-order valence-electron chi connectivity index (χ2n) is 3.13.